The molecule has 0 saturated heterocycles. The third kappa shape index (κ3) is 3.17. The number of hydrogen-bond acceptors (Lipinski definition) is 3. The minimum absolute atomic E-state index is 0.0709. The van der Waals surface area contributed by atoms with E-state index < -0.39 is 5.54 Å². The van der Waals surface area contributed by atoms with E-state index in [4.69, 9.17) is 0 Å². The first kappa shape index (κ1) is 13.4. The second-order valence-corrected chi connectivity index (χ2v) is 4.37. The molecular weight excluding hydrogens is 218 g/mol. The zero-order valence-corrected chi connectivity index (χ0v) is 10.7. The molecule has 0 aromatic carbocycles. The highest BCUT2D eigenvalue weighted by Gasteiger charge is 2.25. The summed E-state index contributed by atoms with van der Waals surface area (Å²) in [4.78, 5) is 23.3. The van der Waals surface area contributed by atoms with E-state index in [1.54, 1.807) is 37.7 Å². The van der Waals surface area contributed by atoms with Crippen molar-refractivity contribution in [3.63, 3.8) is 0 Å². The van der Waals surface area contributed by atoms with Crippen LogP contribution in [-0.4, -0.2) is 23.1 Å². The number of hydrogen-bond donors (Lipinski definition) is 2. The van der Waals surface area contributed by atoms with Gasteiger partial charge in [-0.05, 0) is 33.9 Å². The lowest BCUT2D eigenvalue weighted by Crippen LogP contribution is -2.48. The molecule has 0 saturated carbocycles. The highest BCUT2D eigenvalue weighted by molar-refractivity contribution is 5.97. The van der Waals surface area contributed by atoms with Crippen LogP contribution in [0.2, 0.25) is 0 Å². The summed E-state index contributed by atoms with van der Waals surface area (Å²) in [5.41, 5.74) is -0.0918. The fourth-order valence-electron chi connectivity index (χ4n) is 1.25. The lowest BCUT2D eigenvalue weighted by atomic mass is 10.1. The first-order chi connectivity index (χ1) is 7.90. The fourth-order valence-corrected chi connectivity index (χ4v) is 1.25. The molecule has 1 heterocycles. The van der Waals surface area contributed by atoms with Gasteiger partial charge in [0, 0.05) is 18.8 Å². The minimum atomic E-state index is -0.646. The maximum atomic E-state index is 11.9. The Kier molecular flexibility index (Phi) is 4.07. The number of nitrogens with one attached hydrogen (secondary N) is 2. The Hall–Kier alpha value is -1.62. The Labute approximate surface area is 101 Å². The number of carbonyl (C=O) groups excluding carboxylic acids is 1. The Morgan fingerprint density at radius 2 is 2.06 bits per heavy atom. The van der Waals surface area contributed by atoms with Gasteiger partial charge in [-0.3, -0.25) is 9.59 Å². The molecule has 2 N–H and O–H groups in total. The first-order valence-electron chi connectivity index (χ1n) is 5.61. The quantitative estimate of drug-likeness (QED) is 0.814. The van der Waals surface area contributed by atoms with Crippen LogP contribution in [0.5, 0.6) is 0 Å². The van der Waals surface area contributed by atoms with Crippen molar-refractivity contribution in [3.05, 3.63) is 28.7 Å². The second kappa shape index (κ2) is 5.14. The number of pyridine rings is 1. The van der Waals surface area contributed by atoms with Crippen molar-refractivity contribution in [2.45, 2.75) is 32.9 Å². The van der Waals surface area contributed by atoms with E-state index in [0.29, 0.717) is 12.2 Å². The van der Waals surface area contributed by atoms with Crippen LogP contribution in [-0.2, 0) is 11.3 Å². The van der Waals surface area contributed by atoms with E-state index in [1.165, 1.54) is 6.07 Å². The van der Waals surface area contributed by atoms with Crippen LogP contribution < -0.4 is 16.2 Å². The maximum Gasteiger partial charge on any atom is 0.250 e. The van der Waals surface area contributed by atoms with Crippen LogP contribution in [0.25, 0.3) is 0 Å². The van der Waals surface area contributed by atoms with Crippen molar-refractivity contribution in [2.75, 3.05) is 12.4 Å². The first-order valence-corrected chi connectivity index (χ1v) is 5.61. The van der Waals surface area contributed by atoms with E-state index in [0.717, 1.165) is 0 Å². The predicted molar refractivity (Wildman–Crippen MR) is 68.1 cm³/mol. The fraction of sp³-hybridized carbons (Fsp3) is 0.500. The van der Waals surface area contributed by atoms with E-state index in [-0.39, 0.29) is 11.5 Å². The van der Waals surface area contributed by atoms with Crippen LogP contribution >= 0.6 is 0 Å². The lowest BCUT2D eigenvalue weighted by Gasteiger charge is -2.22. The van der Waals surface area contributed by atoms with Crippen molar-refractivity contribution in [3.8, 4) is 0 Å². The second-order valence-electron chi connectivity index (χ2n) is 4.37. The van der Waals surface area contributed by atoms with Crippen LogP contribution in [0.3, 0.4) is 0 Å². The Bertz CT molecular complexity index is 463. The number of amides is 1. The summed E-state index contributed by atoms with van der Waals surface area (Å²) in [7, 11) is 1.73. The number of anilines is 1. The zero-order valence-electron chi connectivity index (χ0n) is 10.7. The van der Waals surface area contributed by atoms with Crippen molar-refractivity contribution in [1.82, 2.24) is 9.88 Å². The Morgan fingerprint density at radius 3 is 2.59 bits per heavy atom. The molecule has 0 aliphatic carbocycles. The normalized spacial score (nSPS) is 11.3. The third-order valence-electron chi connectivity index (χ3n) is 2.77. The van der Waals surface area contributed by atoms with Crippen LogP contribution in [0.1, 0.15) is 20.8 Å². The summed E-state index contributed by atoms with van der Waals surface area (Å²) in [6.45, 7) is 6.04. The predicted octanol–water partition coefficient (Wildman–Crippen LogP) is 0.805. The largest absolute Gasteiger partial charge is 0.323 e. The minimum Gasteiger partial charge on any atom is -0.323 e. The molecular formula is C12H19N3O2. The third-order valence-corrected chi connectivity index (χ3v) is 2.77. The molecule has 0 bridgehead atoms. The summed E-state index contributed by atoms with van der Waals surface area (Å²) in [6.07, 6.45) is 1.64. The van der Waals surface area contributed by atoms with Crippen molar-refractivity contribution < 1.29 is 4.79 Å². The molecule has 94 valence electrons. The van der Waals surface area contributed by atoms with Gasteiger partial charge in [-0.15, -0.1) is 0 Å². The number of aryl methyl sites for hydroxylation is 1. The number of aromatic nitrogens is 1. The van der Waals surface area contributed by atoms with E-state index >= 15 is 0 Å². The number of carbonyl (C=O) groups is 1. The zero-order chi connectivity index (χ0) is 13.1. The number of likely N-dealkylation sites (N-methyl/N-ethyl adjacent to an activating group) is 1. The Morgan fingerprint density at radius 1 is 1.41 bits per heavy atom. The topological polar surface area (TPSA) is 63.1 Å². The average molecular weight is 237 g/mol. The molecule has 0 radical (unpaired) electrons. The number of nitrogens with zero attached hydrogens (tertiary/aromatic N) is 1. The molecule has 0 aliphatic heterocycles. The SMILES string of the molecule is CCn1cc(NC(=O)C(C)(C)NC)ccc1=O. The summed E-state index contributed by atoms with van der Waals surface area (Å²) in [5, 5.41) is 5.69. The molecule has 0 aliphatic rings. The lowest BCUT2D eigenvalue weighted by molar-refractivity contribution is -0.121. The monoisotopic (exact) mass is 237 g/mol. The molecule has 0 fully saturated rings. The van der Waals surface area contributed by atoms with Gasteiger partial charge in [-0.25, -0.2) is 0 Å². The van der Waals surface area contributed by atoms with Gasteiger partial charge in [0.2, 0.25) is 5.91 Å². The standard InChI is InChI=1S/C12H19N3O2/c1-5-15-8-9(6-7-10(15)16)14-11(17)12(2,3)13-4/h6-8,13H,5H2,1-4H3,(H,14,17). The van der Waals surface area contributed by atoms with Gasteiger partial charge >= 0.3 is 0 Å². The van der Waals surface area contributed by atoms with Crippen LogP contribution in [0.4, 0.5) is 5.69 Å². The van der Waals surface area contributed by atoms with Crippen molar-refractivity contribution >= 4 is 11.6 Å². The van der Waals surface area contributed by atoms with E-state index in [9.17, 15) is 9.59 Å². The molecule has 1 aromatic rings. The van der Waals surface area contributed by atoms with Gasteiger partial charge in [0.1, 0.15) is 0 Å². The van der Waals surface area contributed by atoms with Gasteiger partial charge in [-0.2, -0.15) is 0 Å². The maximum absolute atomic E-state index is 11.9. The van der Waals surface area contributed by atoms with Crippen LogP contribution in [0.15, 0.2) is 23.1 Å². The van der Waals surface area contributed by atoms with Crippen molar-refractivity contribution in [2.24, 2.45) is 0 Å². The summed E-state index contributed by atoms with van der Waals surface area (Å²) >= 11 is 0. The summed E-state index contributed by atoms with van der Waals surface area (Å²) in [5.74, 6) is -0.138. The van der Waals surface area contributed by atoms with Crippen molar-refractivity contribution in [1.29, 1.82) is 0 Å². The smallest absolute Gasteiger partial charge is 0.250 e. The van der Waals surface area contributed by atoms with Gasteiger partial charge in [0.05, 0.1) is 11.2 Å². The van der Waals surface area contributed by atoms with E-state index in [2.05, 4.69) is 10.6 Å². The molecule has 0 atom stereocenters. The van der Waals surface area contributed by atoms with E-state index in [1.807, 2.05) is 6.92 Å². The molecule has 1 amide bonds. The highest BCUT2D eigenvalue weighted by Crippen LogP contribution is 2.08. The molecule has 0 spiro atoms. The molecule has 1 aromatic heterocycles. The van der Waals surface area contributed by atoms with Gasteiger partial charge in [0.25, 0.3) is 5.56 Å². The molecule has 5 nitrogen and oxygen atoms in total. The van der Waals surface area contributed by atoms with Gasteiger partial charge in [0.15, 0.2) is 0 Å². The molecule has 17 heavy (non-hydrogen) atoms. The van der Waals surface area contributed by atoms with Gasteiger partial charge in [-0.1, -0.05) is 0 Å². The molecule has 1 rings (SSSR count). The molecule has 0 unspecified atom stereocenters. The van der Waals surface area contributed by atoms with Crippen LogP contribution in [0, 0.1) is 0 Å². The van der Waals surface area contributed by atoms with Gasteiger partial charge < -0.3 is 15.2 Å². The highest BCUT2D eigenvalue weighted by atomic mass is 16.2. The number of rotatable bonds is 4. The Balaban J connectivity index is 2.90. The average Bonchev–Trinajstić information content (AvgIpc) is 2.31. The summed E-state index contributed by atoms with van der Waals surface area (Å²) in [6, 6.07) is 3.06. The molecule has 5 heteroatoms. The summed E-state index contributed by atoms with van der Waals surface area (Å²) < 4.78 is 1.54.